The van der Waals surface area contributed by atoms with Crippen LogP contribution in [0.5, 0.6) is 0 Å². The van der Waals surface area contributed by atoms with Crippen LogP contribution in [0.25, 0.3) is 5.31 Å². The Bertz CT molecular complexity index is 528. The fraction of sp³-hybridized carbons (Fsp3) is 0.333. The minimum atomic E-state index is -2.05. The average Bonchev–Trinajstić information content (AvgIpc) is 2.30. The molecule has 0 aromatic heterocycles. The summed E-state index contributed by atoms with van der Waals surface area (Å²) in [5, 5.41) is 11.0. The van der Waals surface area contributed by atoms with Gasteiger partial charge in [-0.15, -0.1) is 4.52 Å². The molecule has 1 atom stereocenters. The first-order valence-corrected chi connectivity index (χ1v) is 6.74. The van der Waals surface area contributed by atoms with Crippen molar-refractivity contribution in [2.75, 3.05) is 19.3 Å². The van der Waals surface area contributed by atoms with E-state index in [1.165, 1.54) is 0 Å². The van der Waals surface area contributed by atoms with Crippen LogP contribution < -0.4 is 5.43 Å². The first-order valence-electron chi connectivity index (χ1n) is 5.57. The first-order chi connectivity index (χ1) is 8.52. The molecule has 1 heterocycles. The molecule has 2 N–H and O–H groups in total. The van der Waals surface area contributed by atoms with Gasteiger partial charge in [-0.25, -0.2) is 0 Å². The zero-order valence-corrected chi connectivity index (χ0v) is 11.5. The molecule has 0 bridgehead atoms. The Morgan fingerprint density at radius 3 is 2.72 bits per heavy atom. The summed E-state index contributed by atoms with van der Waals surface area (Å²) < 4.78 is 16.7. The topological polar surface area (TPSA) is 61.8 Å². The maximum atomic E-state index is 11.9. The fourth-order valence-electron chi connectivity index (χ4n) is 1.86. The molecule has 6 heteroatoms. The number of aliphatic hydroxyl groups excluding tert-OH is 1. The molecule has 0 fully saturated rings. The second kappa shape index (κ2) is 5.06. The number of aryl methyl sites for hydroxylation is 2. The summed E-state index contributed by atoms with van der Waals surface area (Å²) in [7, 11) is -0.235. The third kappa shape index (κ3) is 2.38. The largest absolute Gasteiger partial charge is 0.553 e. The van der Waals surface area contributed by atoms with Gasteiger partial charge in [0, 0.05) is 7.05 Å². The summed E-state index contributed by atoms with van der Waals surface area (Å²) in [6.07, 6.45) is 1.71. The zero-order chi connectivity index (χ0) is 13.3. The van der Waals surface area contributed by atoms with E-state index in [4.69, 9.17) is 9.63 Å². The van der Waals surface area contributed by atoms with Crippen LogP contribution in [0.2, 0.25) is 0 Å². The Hall–Kier alpha value is -1.42. The van der Waals surface area contributed by atoms with Gasteiger partial charge in [0.25, 0.3) is 5.31 Å². The second-order valence-corrected chi connectivity index (χ2v) is 5.49. The number of aliphatic hydroxyl groups is 1. The molecule has 0 aliphatic carbocycles. The molecule has 1 unspecified atom stereocenters. The number of hydrazine groups is 1. The lowest BCUT2D eigenvalue weighted by Crippen LogP contribution is -2.23. The van der Waals surface area contributed by atoms with E-state index in [-0.39, 0.29) is 0 Å². The van der Waals surface area contributed by atoms with E-state index in [0.717, 1.165) is 22.4 Å². The van der Waals surface area contributed by atoms with Gasteiger partial charge in [-0.2, -0.15) is 0 Å². The number of nitrogens with one attached hydrogen (secondary N) is 1. The molecule has 0 spiro atoms. The van der Waals surface area contributed by atoms with Gasteiger partial charge in [-0.1, -0.05) is 0 Å². The Labute approximate surface area is 107 Å². The molecule has 1 aliphatic heterocycles. The molecule has 1 aromatic carbocycles. The molecular weight excluding hydrogens is 251 g/mol. The summed E-state index contributed by atoms with van der Waals surface area (Å²) in [6, 6.07) is 3.99. The lowest BCUT2D eigenvalue weighted by Gasteiger charge is -2.24. The van der Waals surface area contributed by atoms with Crippen LogP contribution in [0.3, 0.4) is 0 Å². The summed E-state index contributed by atoms with van der Waals surface area (Å²) in [5.74, 6) is 0. The molecule has 0 amide bonds. The van der Waals surface area contributed by atoms with Gasteiger partial charge in [0.15, 0.2) is 6.79 Å². The second-order valence-electron chi connectivity index (χ2n) is 4.23. The van der Waals surface area contributed by atoms with E-state index in [9.17, 15) is 4.57 Å². The van der Waals surface area contributed by atoms with Crippen molar-refractivity contribution in [1.29, 1.82) is 0 Å². The van der Waals surface area contributed by atoms with Crippen molar-refractivity contribution in [2.45, 2.75) is 13.8 Å². The van der Waals surface area contributed by atoms with Crippen LogP contribution in [0.15, 0.2) is 18.3 Å². The highest BCUT2D eigenvalue weighted by atomic mass is 31.1. The number of benzene rings is 1. The molecule has 2 rings (SSSR count). The molecule has 0 radical (unpaired) electrons. The number of anilines is 1. The monoisotopic (exact) mass is 267 g/mol. The van der Waals surface area contributed by atoms with Gasteiger partial charge in [0.05, 0.1) is 17.5 Å². The Balaban J connectivity index is 2.49. The van der Waals surface area contributed by atoms with Crippen LogP contribution in [0, 0.1) is 13.8 Å². The van der Waals surface area contributed by atoms with E-state index < -0.39 is 14.8 Å². The molecule has 1 aromatic rings. The van der Waals surface area contributed by atoms with E-state index >= 15 is 0 Å². The third-order valence-electron chi connectivity index (χ3n) is 2.89. The highest BCUT2D eigenvalue weighted by Gasteiger charge is 2.33. The first kappa shape index (κ1) is 13.0. The maximum absolute atomic E-state index is 11.9. The van der Waals surface area contributed by atoms with Crippen LogP contribution in [0.1, 0.15) is 16.7 Å². The van der Waals surface area contributed by atoms with Crippen molar-refractivity contribution in [3.63, 3.8) is 0 Å². The summed E-state index contributed by atoms with van der Waals surface area (Å²) in [5.41, 5.74) is 7.19. The predicted octanol–water partition coefficient (Wildman–Crippen LogP) is 2.58. The predicted molar refractivity (Wildman–Crippen MR) is 71.1 cm³/mol. The van der Waals surface area contributed by atoms with E-state index in [1.807, 2.05) is 33.0 Å². The number of hydrogen-bond donors (Lipinski definition) is 2. The van der Waals surface area contributed by atoms with Crippen LogP contribution >= 0.6 is 8.03 Å². The number of nitrogens with zero attached hydrogens (tertiary/aromatic N) is 1. The lowest BCUT2D eigenvalue weighted by molar-refractivity contribution is 0.109. The molecule has 96 valence electrons. The van der Waals surface area contributed by atoms with Gasteiger partial charge in [-0.3, -0.25) is 10.4 Å². The van der Waals surface area contributed by atoms with Gasteiger partial charge in [-0.05, 0) is 41.7 Å². The number of hydrogen-bond acceptors (Lipinski definition) is 5. The summed E-state index contributed by atoms with van der Waals surface area (Å²) in [4.78, 5) is 0. The summed E-state index contributed by atoms with van der Waals surface area (Å²) in [6.45, 7) is 3.48. The van der Waals surface area contributed by atoms with Gasteiger partial charge in [0.2, 0.25) is 0 Å². The van der Waals surface area contributed by atoms with Crippen molar-refractivity contribution in [2.24, 2.45) is 0 Å². The van der Waals surface area contributed by atoms with E-state index in [0.29, 0.717) is 5.31 Å². The highest BCUT2D eigenvalue weighted by Crippen LogP contribution is 2.46. The van der Waals surface area contributed by atoms with Crippen molar-refractivity contribution in [1.82, 2.24) is 5.01 Å². The maximum Gasteiger partial charge on any atom is 0.553 e. The zero-order valence-electron chi connectivity index (χ0n) is 10.6. The molecule has 1 aliphatic rings. The molecule has 5 nitrogen and oxygen atoms in total. The smallest absolute Gasteiger partial charge is 0.367 e. The average molecular weight is 267 g/mol. The standard InChI is InChI=1S/C12H16N2O3P/c1-8-4-10-11(5-9(8)2)13-14(3)6-12(10)18(16)17-7-15/h4-6,13,15H,7H2,1-3H3/q+1. The highest BCUT2D eigenvalue weighted by molar-refractivity contribution is 7.51. The Morgan fingerprint density at radius 1 is 1.39 bits per heavy atom. The molecule has 18 heavy (non-hydrogen) atoms. The lowest BCUT2D eigenvalue weighted by atomic mass is 10.0. The quantitative estimate of drug-likeness (QED) is 0.651. The van der Waals surface area contributed by atoms with Crippen LogP contribution in [-0.2, 0) is 9.09 Å². The van der Waals surface area contributed by atoms with Crippen molar-refractivity contribution in [3.05, 3.63) is 35.0 Å². The Kier molecular flexibility index (Phi) is 3.66. The van der Waals surface area contributed by atoms with Gasteiger partial charge >= 0.3 is 8.03 Å². The third-order valence-corrected chi connectivity index (χ3v) is 3.99. The fourth-order valence-corrected chi connectivity index (χ4v) is 2.76. The summed E-state index contributed by atoms with van der Waals surface area (Å²) >= 11 is 0. The van der Waals surface area contributed by atoms with Crippen molar-refractivity contribution in [3.8, 4) is 0 Å². The Morgan fingerprint density at radius 2 is 2.06 bits per heavy atom. The molecule has 0 saturated heterocycles. The van der Waals surface area contributed by atoms with E-state index in [1.54, 1.807) is 11.2 Å². The normalized spacial score (nSPS) is 14.8. The van der Waals surface area contributed by atoms with Gasteiger partial charge < -0.3 is 5.11 Å². The van der Waals surface area contributed by atoms with E-state index in [2.05, 4.69) is 5.43 Å². The van der Waals surface area contributed by atoms with Gasteiger partial charge in [0.1, 0.15) is 0 Å². The van der Waals surface area contributed by atoms with Crippen molar-refractivity contribution < 1.29 is 14.2 Å². The minimum Gasteiger partial charge on any atom is -0.367 e. The molecule has 0 saturated carbocycles. The van der Waals surface area contributed by atoms with Crippen LogP contribution in [0.4, 0.5) is 5.69 Å². The van der Waals surface area contributed by atoms with Crippen LogP contribution in [-0.4, -0.2) is 24.0 Å². The number of fused-ring (bicyclic) bond motifs is 1. The minimum absolute atomic E-state index is 0.552. The number of rotatable bonds is 3. The SMILES string of the molecule is Cc1cc2c(cc1C)C([P+](=O)OCO)=CN(C)N2. The molecular formula is C12H16N2O3P+. The van der Waals surface area contributed by atoms with Crippen molar-refractivity contribution >= 4 is 19.0 Å².